The first-order valence-corrected chi connectivity index (χ1v) is 17.6. The summed E-state index contributed by atoms with van der Waals surface area (Å²) >= 11 is 6.77. The van der Waals surface area contributed by atoms with Crippen LogP contribution in [0, 0.1) is 24.5 Å². The van der Waals surface area contributed by atoms with E-state index in [-0.39, 0.29) is 46.6 Å². The van der Waals surface area contributed by atoms with Crippen molar-refractivity contribution in [2.75, 3.05) is 26.2 Å². The number of fused-ring (bicyclic) bond motifs is 2. The number of nitrogens with zero attached hydrogens (tertiary/aromatic N) is 5. The van der Waals surface area contributed by atoms with Crippen LogP contribution in [0.4, 0.5) is 8.78 Å². The van der Waals surface area contributed by atoms with Crippen LogP contribution in [0.25, 0.3) is 0 Å². The van der Waals surface area contributed by atoms with Crippen molar-refractivity contribution in [3.05, 3.63) is 81.4 Å². The Labute approximate surface area is 281 Å². The highest BCUT2D eigenvalue weighted by Gasteiger charge is 2.53. The van der Waals surface area contributed by atoms with E-state index in [1.54, 1.807) is 6.33 Å². The van der Waals surface area contributed by atoms with Gasteiger partial charge in [0.15, 0.2) is 0 Å². The second kappa shape index (κ2) is 12.2. The Balaban J connectivity index is 1.14. The first-order chi connectivity index (χ1) is 22.4. The average molecular weight is 666 g/mol. The van der Waals surface area contributed by atoms with Crippen LogP contribution >= 0.6 is 11.6 Å². The normalized spacial score (nSPS) is 26.7. The molecule has 1 saturated carbocycles. The van der Waals surface area contributed by atoms with Gasteiger partial charge in [0.05, 0.1) is 6.10 Å². The van der Waals surface area contributed by atoms with Crippen molar-refractivity contribution < 1.29 is 18.7 Å². The van der Waals surface area contributed by atoms with Gasteiger partial charge in [0.2, 0.25) is 5.91 Å². The summed E-state index contributed by atoms with van der Waals surface area (Å²) in [6.45, 7) is 9.34. The Bertz CT molecular complexity index is 1660. The van der Waals surface area contributed by atoms with Crippen molar-refractivity contribution in [2.45, 2.75) is 101 Å². The first kappa shape index (κ1) is 32.7. The van der Waals surface area contributed by atoms with Crippen molar-refractivity contribution in [3.8, 4) is 0 Å². The lowest BCUT2D eigenvalue weighted by Crippen LogP contribution is -2.47. The second-order valence-electron chi connectivity index (χ2n) is 15.3. The molecule has 3 heterocycles. The molecule has 1 N–H and O–H groups in total. The molecule has 2 aromatic carbocycles. The number of carbonyl (C=O) groups excluding carboxylic acids is 1. The molecule has 4 aliphatic rings. The molecular formula is C37H46ClF2N5O2. The number of rotatable bonds is 5. The summed E-state index contributed by atoms with van der Waals surface area (Å²) in [5, 5.41) is 15.2. The summed E-state index contributed by atoms with van der Waals surface area (Å²) in [6, 6.07) is 8.32. The van der Waals surface area contributed by atoms with E-state index in [0.29, 0.717) is 44.3 Å². The van der Waals surface area contributed by atoms with Gasteiger partial charge in [0.1, 0.15) is 23.8 Å². The zero-order valence-electron chi connectivity index (χ0n) is 27.9. The predicted octanol–water partition coefficient (Wildman–Crippen LogP) is 6.40. The molecule has 3 aromatic rings. The minimum absolute atomic E-state index is 0.0734. The zero-order valence-corrected chi connectivity index (χ0v) is 28.6. The van der Waals surface area contributed by atoms with Crippen molar-refractivity contribution in [1.29, 1.82) is 0 Å². The number of hydrogen-bond acceptors (Lipinski definition) is 5. The summed E-state index contributed by atoms with van der Waals surface area (Å²) in [7, 11) is 1.94. The SMILES string of the molecule is Cc1cc2c(cc1Cl)C1(CCN(C(=O)[C@@H]3CC(N4CCC(O)CC4)C[C@H]3c3ccc(F)cc3F)CC1)C[C@@H]2C(C)(C)c1ncnn1C. The third-order valence-electron chi connectivity index (χ3n) is 12.3. The highest BCUT2D eigenvalue weighted by atomic mass is 35.5. The molecule has 1 amide bonds. The van der Waals surface area contributed by atoms with Crippen LogP contribution in [0.3, 0.4) is 0 Å². The summed E-state index contributed by atoms with van der Waals surface area (Å²) in [6.07, 6.45) is 6.63. The van der Waals surface area contributed by atoms with Crippen LogP contribution in [0.5, 0.6) is 0 Å². The molecule has 1 unspecified atom stereocenters. The number of aryl methyl sites for hydroxylation is 2. The van der Waals surface area contributed by atoms with Gasteiger partial charge < -0.3 is 14.9 Å². The molecule has 2 aliphatic carbocycles. The molecule has 1 spiro atoms. The summed E-state index contributed by atoms with van der Waals surface area (Å²) in [5.74, 6) is -0.650. The number of hydrogen-bond donors (Lipinski definition) is 1. The van der Waals surface area contributed by atoms with E-state index < -0.39 is 11.6 Å². The van der Waals surface area contributed by atoms with E-state index in [9.17, 15) is 14.3 Å². The number of aliphatic hydroxyl groups is 1. The standard InChI is InChI=1S/C37H46ClF2N5O2/c1-22-15-29-30(19-32(22)38)37(20-31(29)36(2,3)35-41-21-42-43(35)4)9-13-45(14-10-37)34(47)28-18-24(44-11-7-25(46)8-12-44)17-27(28)26-6-5-23(39)16-33(26)40/h5-6,15-16,19,21,24-25,27-28,31,46H,7-14,17-18,20H2,1-4H3/t24?,27-,28+,31-/m0/s1. The summed E-state index contributed by atoms with van der Waals surface area (Å²) in [4.78, 5) is 23.5. The fourth-order valence-electron chi connectivity index (χ4n) is 9.58. The van der Waals surface area contributed by atoms with E-state index >= 15 is 4.39 Å². The Morgan fingerprint density at radius 1 is 1.04 bits per heavy atom. The van der Waals surface area contributed by atoms with Crippen molar-refractivity contribution in [2.24, 2.45) is 13.0 Å². The number of halogens is 3. The van der Waals surface area contributed by atoms with Gasteiger partial charge in [-0.3, -0.25) is 9.48 Å². The van der Waals surface area contributed by atoms with Crippen molar-refractivity contribution in [3.63, 3.8) is 0 Å². The van der Waals surface area contributed by atoms with Gasteiger partial charge in [-0.2, -0.15) is 5.10 Å². The molecule has 7 nitrogen and oxygen atoms in total. The lowest BCUT2D eigenvalue weighted by molar-refractivity contribution is -0.137. The van der Waals surface area contributed by atoms with E-state index in [1.165, 1.54) is 23.3 Å². The molecule has 4 atom stereocenters. The molecule has 252 valence electrons. The van der Waals surface area contributed by atoms with Gasteiger partial charge in [-0.25, -0.2) is 13.8 Å². The maximum absolute atomic E-state index is 15.2. The molecule has 7 rings (SSSR count). The molecule has 47 heavy (non-hydrogen) atoms. The van der Waals surface area contributed by atoms with Gasteiger partial charge >= 0.3 is 0 Å². The second-order valence-corrected chi connectivity index (χ2v) is 15.7. The minimum atomic E-state index is -0.609. The maximum atomic E-state index is 15.2. The average Bonchev–Trinajstić information content (AvgIpc) is 3.75. The Kier molecular flexibility index (Phi) is 8.49. The third kappa shape index (κ3) is 5.70. The van der Waals surface area contributed by atoms with Gasteiger partial charge in [-0.05, 0) is 104 Å². The fraction of sp³-hybridized carbons (Fsp3) is 0.595. The summed E-state index contributed by atoms with van der Waals surface area (Å²) in [5.41, 5.74) is 3.72. The van der Waals surface area contributed by atoms with Gasteiger partial charge in [0.25, 0.3) is 0 Å². The molecule has 0 bridgehead atoms. The van der Waals surface area contributed by atoms with Gasteiger partial charge in [0, 0.05) is 61.7 Å². The van der Waals surface area contributed by atoms with Crippen LogP contribution in [-0.4, -0.2) is 73.9 Å². The highest BCUT2D eigenvalue weighted by molar-refractivity contribution is 6.31. The van der Waals surface area contributed by atoms with Crippen LogP contribution < -0.4 is 0 Å². The van der Waals surface area contributed by atoms with Gasteiger partial charge in [-0.15, -0.1) is 0 Å². The van der Waals surface area contributed by atoms with E-state index in [0.717, 1.165) is 54.8 Å². The molecule has 0 radical (unpaired) electrons. The largest absolute Gasteiger partial charge is 0.393 e. The predicted molar refractivity (Wildman–Crippen MR) is 177 cm³/mol. The number of aliphatic hydroxyl groups excluding tert-OH is 1. The summed E-state index contributed by atoms with van der Waals surface area (Å²) < 4.78 is 31.0. The number of benzene rings is 2. The molecule has 2 saturated heterocycles. The quantitative estimate of drug-likeness (QED) is 0.342. The smallest absolute Gasteiger partial charge is 0.226 e. The number of aromatic nitrogens is 3. The lowest BCUT2D eigenvalue weighted by Gasteiger charge is -2.42. The van der Waals surface area contributed by atoms with Gasteiger partial charge in [-0.1, -0.05) is 37.6 Å². The van der Waals surface area contributed by atoms with E-state index in [2.05, 4.69) is 47.9 Å². The maximum Gasteiger partial charge on any atom is 0.226 e. The van der Waals surface area contributed by atoms with Crippen LogP contribution in [0.1, 0.15) is 98.7 Å². The number of amides is 1. The highest BCUT2D eigenvalue weighted by Crippen LogP contribution is 2.58. The lowest BCUT2D eigenvalue weighted by atomic mass is 9.69. The Hall–Kier alpha value is -2.88. The van der Waals surface area contributed by atoms with Crippen LogP contribution in [-0.2, 0) is 22.7 Å². The van der Waals surface area contributed by atoms with E-state index in [1.807, 2.05) is 16.6 Å². The Morgan fingerprint density at radius 2 is 1.77 bits per heavy atom. The third-order valence-corrected chi connectivity index (χ3v) is 12.7. The molecule has 10 heteroatoms. The van der Waals surface area contributed by atoms with Crippen LogP contribution in [0.2, 0.25) is 5.02 Å². The van der Waals surface area contributed by atoms with Crippen molar-refractivity contribution in [1.82, 2.24) is 24.6 Å². The molecule has 3 fully saturated rings. The number of likely N-dealkylation sites (tertiary alicyclic amines) is 2. The monoisotopic (exact) mass is 665 g/mol. The Morgan fingerprint density at radius 3 is 2.43 bits per heavy atom. The minimum Gasteiger partial charge on any atom is -0.393 e. The first-order valence-electron chi connectivity index (χ1n) is 17.2. The number of piperidine rings is 2. The van der Waals surface area contributed by atoms with Crippen molar-refractivity contribution >= 4 is 17.5 Å². The fourth-order valence-corrected chi connectivity index (χ4v) is 9.75. The molecule has 2 aliphatic heterocycles. The van der Waals surface area contributed by atoms with Crippen LogP contribution in [0.15, 0.2) is 36.7 Å². The molecule has 1 aromatic heterocycles. The topological polar surface area (TPSA) is 74.5 Å². The molecular weight excluding hydrogens is 620 g/mol. The zero-order chi connectivity index (χ0) is 33.2. The number of carbonyl (C=O) groups is 1. The van der Waals surface area contributed by atoms with E-state index in [4.69, 9.17) is 11.6 Å².